The molecular formula is C28H27NO4. The van der Waals surface area contributed by atoms with Crippen molar-refractivity contribution in [2.45, 2.75) is 25.9 Å². The van der Waals surface area contributed by atoms with Crippen LogP contribution in [0.25, 0.3) is 0 Å². The van der Waals surface area contributed by atoms with Crippen molar-refractivity contribution in [2.75, 3.05) is 13.7 Å². The van der Waals surface area contributed by atoms with Gasteiger partial charge in [0, 0.05) is 36.6 Å². The van der Waals surface area contributed by atoms with E-state index in [-0.39, 0.29) is 5.78 Å². The van der Waals surface area contributed by atoms with Crippen LogP contribution in [0.1, 0.15) is 35.6 Å². The van der Waals surface area contributed by atoms with E-state index in [1.807, 2.05) is 78.9 Å². The first kappa shape index (κ1) is 23.8. The fourth-order valence-corrected chi connectivity index (χ4v) is 3.30. The second-order valence-corrected chi connectivity index (χ2v) is 7.48. The van der Waals surface area contributed by atoms with Crippen LogP contribution in [0.3, 0.4) is 0 Å². The average molecular weight is 442 g/mol. The lowest BCUT2D eigenvalue weighted by Gasteiger charge is -2.11. The first-order valence-electron chi connectivity index (χ1n) is 10.7. The van der Waals surface area contributed by atoms with E-state index in [0.29, 0.717) is 25.2 Å². The van der Waals surface area contributed by atoms with E-state index in [1.54, 1.807) is 7.11 Å². The van der Waals surface area contributed by atoms with E-state index < -0.39 is 6.10 Å². The Labute approximate surface area is 194 Å². The van der Waals surface area contributed by atoms with Gasteiger partial charge in [0.15, 0.2) is 5.78 Å². The van der Waals surface area contributed by atoms with Crippen molar-refractivity contribution < 1.29 is 19.5 Å². The molecule has 1 N–H and O–H groups in total. The van der Waals surface area contributed by atoms with E-state index in [0.717, 1.165) is 28.0 Å². The summed E-state index contributed by atoms with van der Waals surface area (Å²) in [5.74, 6) is 6.99. The second-order valence-electron chi connectivity index (χ2n) is 7.48. The lowest BCUT2D eigenvalue weighted by Crippen LogP contribution is -2.22. The number of methoxy groups -OCH3 is 1. The van der Waals surface area contributed by atoms with Crippen molar-refractivity contribution in [3.05, 3.63) is 101 Å². The standard InChI is InChI=1S/C28H27NO4/c1-21(30)27(32-2)20-23-13-11-22(12-14-23)8-6-7-19-33-26-17-15-25(16-18-26)28(29-31)24-9-4-3-5-10-24/h3-5,9-18,27,31H,7,19-20H2,1-2H3/b29-28-/t27-/m0/s1. The molecule has 0 bridgehead atoms. The third kappa shape index (κ3) is 7.06. The summed E-state index contributed by atoms with van der Waals surface area (Å²) in [6, 6.07) is 24.8. The predicted octanol–water partition coefficient (Wildman–Crippen LogP) is 4.88. The monoisotopic (exact) mass is 441 g/mol. The zero-order valence-corrected chi connectivity index (χ0v) is 18.8. The number of hydrogen-bond donors (Lipinski definition) is 1. The minimum Gasteiger partial charge on any atom is -0.493 e. The van der Waals surface area contributed by atoms with Gasteiger partial charge in [0.25, 0.3) is 0 Å². The molecule has 0 aromatic heterocycles. The molecule has 0 radical (unpaired) electrons. The molecule has 0 fully saturated rings. The molecule has 0 spiro atoms. The summed E-state index contributed by atoms with van der Waals surface area (Å²) in [6.07, 6.45) is 0.741. The molecular weight excluding hydrogens is 414 g/mol. The van der Waals surface area contributed by atoms with Crippen LogP contribution in [-0.2, 0) is 16.0 Å². The van der Waals surface area contributed by atoms with E-state index in [2.05, 4.69) is 17.0 Å². The van der Waals surface area contributed by atoms with E-state index in [4.69, 9.17) is 9.47 Å². The third-order valence-electron chi connectivity index (χ3n) is 5.12. The van der Waals surface area contributed by atoms with Crippen molar-refractivity contribution in [1.82, 2.24) is 0 Å². The molecule has 33 heavy (non-hydrogen) atoms. The zero-order chi connectivity index (χ0) is 23.5. The van der Waals surface area contributed by atoms with Crippen LogP contribution in [0.2, 0.25) is 0 Å². The third-order valence-corrected chi connectivity index (χ3v) is 5.12. The first-order chi connectivity index (χ1) is 16.1. The van der Waals surface area contributed by atoms with Crippen molar-refractivity contribution in [3.63, 3.8) is 0 Å². The molecule has 0 amide bonds. The molecule has 0 saturated carbocycles. The Morgan fingerprint density at radius 3 is 2.24 bits per heavy atom. The lowest BCUT2D eigenvalue weighted by atomic mass is 10.0. The summed E-state index contributed by atoms with van der Waals surface area (Å²) >= 11 is 0. The number of Topliss-reactive ketones (excluding diaryl/α,β-unsaturated/α-hetero) is 1. The highest BCUT2D eigenvalue weighted by Gasteiger charge is 2.13. The Kier molecular flexibility index (Phi) is 8.81. The van der Waals surface area contributed by atoms with Crippen LogP contribution < -0.4 is 4.74 Å². The van der Waals surface area contributed by atoms with Gasteiger partial charge in [0.2, 0.25) is 0 Å². The molecule has 0 aliphatic heterocycles. The molecule has 3 aromatic rings. The summed E-state index contributed by atoms with van der Waals surface area (Å²) in [6.45, 7) is 2.01. The summed E-state index contributed by atoms with van der Waals surface area (Å²) in [4.78, 5) is 11.5. The van der Waals surface area contributed by atoms with Crippen LogP contribution >= 0.6 is 0 Å². The fraction of sp³-hybridized carbons (Fsp3) is 0.214. The van der Waals surface area contributed by atoms with Crippen molar-refractivity contribution >= 4 is 11.5 Å². The normalized spacial score (nSPS) is 11.9. The van der Waals surface area contributed by atoms with Crippen LogP contribution in [0.4, 0.5) is 0 Å². The molecule has 5 heteroatoms. The van der Waals surface area contributed by atoms with Gasteiger partial charge in [-0.3, -0.25) is 4.79 Å². The van der Waals surface area contributed by atoms with Gasteiger partial charge in [0.1, 0.15) is 17.6 Å². The molecule has 0 saturated heterocycles. The maximum Gasteiger partial charge on any atom is 0.158 e. The van der Waals surface area contributed by atoms with Gasteiger partial charge < -0.3 is 14.7 Å². The predicted molar refractivity (Wildman–Crippen MR) is 129 cm³/mol. The Bertz CT molecular complexity index is 1120. The minimum atomic E-state index is -0.408. The molecule has 0 aliphatic rings. The smallest absolute Gasteiger partial charge is 0.158 e. The zero-order valence-electron chi connectivity index (χ0n) is 18.8. The number of oxime groups is 1. The quantitative estimate of drug-likeness (QED) is 0.169. The summed E-state index contributed by atoms with van der Waals surface area (Å²) in [7, 11) is 1.55. The highest BCUT2D eigenvalue weighted by Crippen LogP contribution is 2.16. The SMILES string of the molecule is CO[C@@H](Cc1ccc(C#CCCOc2ccc(/C(=N\O)c3ccccc3)cc2)cc1)C(C)=O. The van der Waals surface area contributed by atoms with Gasteiger partial charge in [-0.1, -0.05) is 59.5 Å². The summed E-state index contributed by atoms with van der Waals surface area (Å²) in [5.41, 5.74) is 4.11. The lowest BCUT2D eigenvalue weighted by molar-refractivity contribution is -0.126. The summed E-state index contributed by atoms with van der Waals surface area (Å²) in [5, 5.41) is 12.8. The highest BCUT2D eigenvalue weighted by atomic mass is 16.5. The van der Waals surface area contributed by atoms with Crippen molar-refractivity contribution in [2.24, 2.45) is 5.16 Å². The number of carbonyl (C=O) groups excluding carboxylic acids is 1. The van der Waals surface area contributed by atoms with E-state index in [9.17, 15) is 10.0 Å². The minimum absolute atomic E-state index is 0.0224. The molecule has 0 aliphatic carbocycles. The fourth-order valence-electron chi connectivity index (χ4n) is 3.30. The Hall–Kier alpha value is -3.88. The number of ketones is 1. The second kappa shape index (κ2) is 12.2. The molecule has 0 heterocycles. The number of nitrogens with zero attached hydrogens (tertiary/aromatic N) is 1. The maximum atomic E-state index is 11.5. The molecule has 168 valence electrons. The molecule has 5 nitrogen and oxygen atoms in total. The first-order valence-corrected chi connectivity index (χ1v) is 10.7. The molecule has 3 aromatic carbocycles. The van der Waals surface area contributed by atoms with Crippen LogP contribution in [-0.4, -0.2) is 36.5 Å². The van der Waals surface area contributed by atoms with Crippen molar-refractivity contribution in [3.8, 4) is 17.6 Å². The average Bonchev–Trinajstić information content (AvgIpc) is 2.85. The molecule has 0 unspecified atom stereocenters. The van der Waals surface area contributed by atoms with Gasteiger partial charge >= 0.3 is 0 Å². The highest BCUT2D eigenvalue weighted by molar-refractivity contribution is 6.12. The van der Waals surface area contributed by atoms with Gasteiger partial charge in [-0.15, -0.1) is 0 Å². The van der Waals surface area contributed by atoms with Crippen LogP contribution in [0, 0.1) is 11.8 Å². The van der Waals surface area contributed by atoms with Crippen molar-refractivity contribution in [1.29, 1.82) is 0 Å². The van der Waals surface area contributed by atoms with Gasteiger partial charge in [-0.05, 0) is 48.9 Å². The Morgan fingerprint density at radius 1 is 0.970 bits per heavy atom. The number of benzene rings is 3. The number of ether oxygens (including phenoxy) is 2. The molecule has 1 atom stereocenters. The Morgan fingerprint density at radius 2 is 1.64 bits per heavy atom. The maximum absolute atomic E-state index is 11.5. The van der Waals surface area contributed by atoms with Gasteiger partial charge in [-0.25, -0.2) is 0 Å². The number of rotatable bonds is 9. The van der Waals surface area contributed by atoms with Crippen LogP contribution in [0.15, 0.2) is 84.0 Å². The molecule has 3 rings (SSSR count). The van der Waals surface area contributed by atoms with Gasteiger partial charge in [-0.2, -0.15) is 0 Å². The Balaban J connectivity index is 1.48. The van der Waals surface area contributed by atoms with Crippen LogP contribution in [0.5, 0.6) is 5.75 Å². The largest absolute Gasteiger partial charge is 0.493 e. The summed E-state index contributed by atoms with van der Waals surface area (Å²) < 4.78 is 11.0. The number of hydrogen-bond acceptors (Lipinski definition) is 5. The topological polar surface area (TPSA) is 68.1 Å². The number of carbonyl (C=O) groups is 1. The van der Waals surface area contributed by atoms with E-state index in [1.165, 1.54) is 6.92 Å². The van der Waals surface area contributed by atoms with Gasteiger partial charge in [0.05, 0.1) is 6.61 Å². The van der Waals surface area contributed by atoms with E-state index >= 15 is 0 Å².